The lowest BCUT2D eigenvalue weighted by Gasteiger charge is -2.08. The molecule has 0 spiro atoms. The van der Waals surface area contributed by atoms with Gasteiger partial charge in [0.2, 0.25) is 0 Å². The number of para-hydroxylation sites is 1. The summed E-state index contributed by atoms with van der Waals surface area (Å²) in [6.07, 6.45) is 0. The van der Waals surface area contributed by atoms with Crippen molar-refractivity contribution >= 4 is 0 Å². The van der Waals surface area contributed by atoms with E-state index >= 15 is 0 Å². The smallest absolute Gasteiger partial charge is 0.134 e. The molecule has 1 radical (unpaired) electrons. The van der Waals surface area contributed by atoms with E-state index in [4.69, 9.17) is 4.74 Å². The molecule has 0 saturated carbocycles. The Labute approximate surface area is 92.3 Å². The highest BCUT2D eigenvalue weighted by Gasteiger charge is 2.10. The summed E-state index contributed by atoms with van der Waals surface area (Å²) < 4.78 is 31.4. The van der Waals surface area contributed by atoms with Gasteiger partial charge in [0.05, 0.1) is 7.11 Å². The number of ether oxygens (including phenoxy) is 1. The van der Waals surface area contributed by atoms with E-state index in [1.165, 1.54) is 19.2 Å². The zero-order valence-corrected chi connectivity index (χ0v) is 8.63. The van der Waals surface area contributed by atoms with E-state index in [1.807, 2.05) is 0 Å². The molecular weight excluding hydrogens is 210 g/mol. The molecule has 81 valence electrons. The van der Waals surface area contributed by atoms with E-state index < -0.39 is 11.6 Å². The van der Waals surface area contributed by atoms with Gasteiger partial charge in [-0.2, -0.15) is 0 Å². The van der Waals surface area contributed by atoms with Crippen LogP contribution in [0, 0.1) is 17.7 Å². The quantitative estimate of drug-likeness (QED) is 0.751. The van der Waals surface area contributed by atoms with Gasteiger partial charge < -0.3 is 4.74 Å². The normalized spacial score (nSPS) is 10.2. The zero-order chi connectivity index (χ0) is 11.5. The zero-order valence-electron chi connectivity index (χ0n) is 8.63. The van der Waals surface area contributed by atoms with Crippen molar-refractivity contribution in [3.8, 4) is 16.9 Å². The Balaban J connectivity index is 2.58. The first-order valence-electron chi connectivity index (χ1n) is 4.72. The Kier molecular flexibility index (Phi) is 2.86. The van der Waals surface area contributed by atoms with Crippen LogP contribution in [0.1, 0.15) is 0 Å². The fourth-order valence-electron chi connectivity index (χ4n) is 1.51. The van der Waals surface area contributed by atoms with Crippen LogP contribution in [0.15, 0.2) is 36.4 Å². The molecule has 0 aliphatic rings. The summed E-state index contributed by atoms with van der Waals surface area (Å²) in [6.45, 7) is 0. The second-order valence-corrected chi connectivity index (χ2v) is 3.24. The van der Waals surface area contributed by atoms with Gasteiger partial charge in [0, 0.05) is 23.3 Å². The third-order valence-corrected chi connectivity index (χ3v) is 2.24. The fraction of sp³-hybridized carbons (Fsp3) is 0.0769. The van der Waals surface area contributed by atoms with Crippen LogP contribution in [0.25, 0.3) is 11.1 Å². The number of halogens is 2. The van der Waals surface area contributed by atoms with E-state index in [0.717, 1.165) is 6.07 Å². The molecule has 2 rings (SSSR count). The molecule has 0 aromatic heterocycles. The fourth-order valence-corrected chi connectivity index (χ4v) is 1.51. The predicted octanol–water partition coefficient (Wildman–Crippen LogP) is 3.44. The first kappa shape index (κ1) is 10.6. The highest BCUT2D eigenvalue weighted by molar-refractivity contribution is 5.70. The van der Waals surface area contributed by atoms with Crippen molar-refractivity contribution in [1.82, 2.24) is 0 Å². The number of benzene rings is 2. The molecule has 0 unspecified atom stereocenters. The molecule has 0 saturated heterocycles. The van der Waals surface area contributed by atoms with Gasteiger partial charge in [-0.05, 0) is 12.1 Å². The Bertz CT molecular complexity index is 509. The molecule has 0 fully saturated rings. The van der Waals surface area contributed by atoms with Crippen LogP contribution in [-0.2, 0) is 0 Å². The second-order valence-electron chi connectivity index (χ2n) is 3.24. The molecule has 0 heterocycles. The summed E-state index contributed by atoms with van der Waals surface area (Å²) in [4.78, 5) is 0. The van der Waals surface area contributed by atoms with Crippen LogP contribution >= 0.6 is 0 Å². The van der Waals surface area contributed by atoms with Crippen molar-refractivity contribution < 1.29 is 13.5 Å². The summed E-state index contributed by atoms with van der Waals surface area (Å²) in [6, 6.07) is 11.4. The highest BCUT2D eigenvalue weighted by atomic mass is 19.1. The minimum Gasteiger partial charge on any atom is -0.495 e. The third kappa shape index (κ3) is 1.89. The van der Waals surface area contributed by atoms with E-state index in [0.29, 0.717) is 16.9 Å². The van der Waals surface area contributed by atoms with E-state index in [9.17, 15) is 8.78 Å². The van der Waals surface area contributed by atoms with Gasteiger partial charge in [-0.25, -0.2) is 8.78 Å². The van der Waals surface area contributed by atoms with Gasteiger partial charge in [-0.15, -0.1) is 0 Å². The average molecular weight is 219 g/mol. The van der Waals surface area contributed by atoms with Gasteiger partial charge in [-0.3, -0.25) is 0 Å². The van der Waals surface area contributed by atoms with Crippen LogP contribution in [0.3, 0.4) is 0 Å². The molecule has 2 aromatic carbocycles. The first-order chi connectivity index (χ1) is 7.72. The Morgan fingerprint density at radius 2 is 1.94 bits per heavy atom. The SMILES string of the molecule is COc1[c]cccc1-c1ccc(F)cc1F. The molecule has 1 nitrogen and oxygen atoms in total. The maximum Gasteiger partial charge on any atom is 0.134 e. The summed E-state index contributed by atoms with van der Waals surface area (Å²) in [5, 5.41) is 0. The molecular formula is C13H9F2O. The molecule has 0 aliphatic carbocycles. The number of methoxy groups -OCH3 is 1. The van der Waals surface area contributed by atoms with Crippen molar-refractivity contribution in [3.05, 3.63) is 54.1 Å². The Hall–Kier alpha value is -1.90. The monoisotopic (exact) mass is 219 g/mol. The van der Waals surface area contributed by atoms with Crippen molar-refractivity contribution in [2.75, 3.05) is 7.11 Å². The van der Waals surface area contributed by atoms with Crippen LogP contribution in [-0.4, -0.2) is 7.11 Å². The topological polar surface area (TPSA) is 9.23 Å². The van der Waals surface area contributed by atoms with E-state index in [1.54, 1.807) is 18.2 Å². The summed E-state index contributed by atoms with van der Waals surface area (Å²) >= 11 is 0. The lowest BCUT2D eigenvalue weighted by Crippen LogP contribution is -1.91. The highest BCUT2D eigenvalue weighted by Crippen LogP contribution is 2.31. The lowest BCUT2D eigenvalue weighted by atomic mass is 10.0. The van der Waals surface area contributed by atoms with E-state index in [-0.39, 0.29) is 0 Å². The van der Waals surface area contributed by atoms with Gasteiger partial charge in [-0.1, -0.05) is 18.2 Å². The predicted molar refractivity (Wildman–Crippen MR) is 57.2 cm³/mol. The molecule has 2 aromatic rings. The van der Waals surface area contributed by atoms with Gasteiger partial charge in [0.1, 0.15) is 17.4 Å². The molecule has 0 amide bonds. The minimum atomic E-state index is -0.613. The standard InChI is InChI=1S/C13H9F2O/c1-16-13-5-3-2-4-11(13)10-7-6-9(14)8-12(10)15/h2-4,6-8H,1H3. The number of rotatable bonds is 2. The Morgan fingerprint density at radius 1 is 1.12 bits per heavy atom. The number of hydrogen-bond donors (Lipinski definition) is 0. The number of hydrogen-bond acceptors (Lipinski definition) is 1. The van der Waals surface area contributed by atoms with Gasteiger partial charge in [0.25, 0.3) is 0 Å². The molecule has 0 bridgehead atoms. The Morgan fingerprint density at radius 3 is 2.62 bits per heavy atom. The van der Waals surface area contributed by atoms with Crippen LogP contribution in [0.5, 0.6) is 5.75 Å². The molecule has 0 aliphatic heterocycles. The first-order valence-corrected chi connectivity index (χ1v) is 4.72. The van der Waals surface area contributed by atoms with Crippen LogP contribution in [0.4, 0.5) is 8.78 Å². The van der Waals surface area contributed by atoms with E-state index in [2.05, 4.69) is 6.07 Å². The third-order valence-electron chi connectivity index (χ3n) is 2.24. The molecule has 0 atom stereocenters. The minimum absolute atomic E-state index is 0.301. The van der Waals surface area contributed by atoms with Gasteiger partial charge in [0.15, 0.2) is 0 Å². The van der Waals surface area contributed by atoms with Gasteiger partial charge >= 0.3 is 0 Å². The summed E-state index contributed by atoms with van der Waals surface area (Å²) in [7, 11) is 1.48. The molecule has 3 heteroatoms. The van der Waals surface area contributed by atoms with Crippen LogP contribution < -0.4 is 4.74 Å². The second kappa shape index (κ2) is 4.31. The maximum absolute atomic E-state index is 13.5. The van der Waals surface area contributed by atoms with Crippen molar-refractivity contribution in [2.24, 2.45) is 0 Å². The van der Waals surface area contributed by atoms with Crippen LogP contribution in [0.2, 0.25) is 0 Å². The largest absolute Gasteiger partial charge is 0.495 e. The van der Waals surface area contributed by atoms with Crippen molar-refractivity contribution in [2.45, 2.75) is 0 Å². The molecule has 0 N–H and O–H groups in total. The summed E-state index contributed by atoms with van der Waals surface area (Å²) in [5.74, 6) is -0.772. The van der Waals surface area contributed by atoms with Crippen molar-refractivity contribution in [1.29, 1.82) is 0 Å². The van der Waals surface area contributed by atoms with Crippen molar-refractivity contribution in [3.63, 3.8) is 0 Å². The average Bonchev–Trinajstić information content (AvgIpc) is 2.29. The molecule has 16 heavy (non-hydrogen) atoms. The maximum atomic E-state index is 13.5. The lowest BCUT2D eigenvalue weighted by molar-refractivity contribution is 0.415. The summed E-state index contributed by atoms with van der Waals surface area (Å²) in [5.41, 5.74) is 0.859.